The van der Waals surface area contributed by atoms with E-state index in [0.717, 1.165) is 11.8 Å². The number of anilines is 1. The Hall–Kier alpha value is -2.42. The maximum Gasteiger partial charge on any atom is 0.262 e. The first-order chi connectivity index (χ1) is 9.94. The Labute approximate surface area is 123 Å². The molecule has 0 bridgehead atoms. The van der Waals surface area contributed by atoms with E-state index in [4.69, 9.17) is 11.5 Å². The minimum absolute atomic E-state index is 0.104. The third-order valence-electron chi connectivity index (χ3n) is 2.43. The van der Waals surface area contributed by atoms with Crippen LogP contribution >= 0.6 is 11.8 Å². The van der Waals surface area contributed by atoms with Crippen LogP contribution in [0.2, 0.25) is 0 Å². The lowest BCUT2D eigenvalue weighted by Crippen LogP contribution is -2.23. The highest BCUT2D eigenvalue weighted by atomic mass is 32.2. The molecule has 0 saturated carbocycles. The number of hydrogen-bond acceptors (Lipinski definition) is 4. The number of carbonyl (C=O) groups excluding carboxylic acids is 2. The highest BCUT2D eigenvalue weighted by Crippen LogP contribution is 2.26. The first-order valence-corrected chi connectivity index (χ1v) is 6.76. The molecule has 110 valence electrons. The maximum absolute atomic E-state index is 13.0. The van der Waals surface area contributed by atoms with E-state index in [1.807, 2.05) is 0 Å². The van der Waals surface area contributed by atoms with E-state index in [1.54, 1.807) is 6.07 Å². The molecule has 0 unspecified atom stereocenters. The van der Waals surface area contributed by atoms with Gasteiger partial charge in [-0.25, -0.2) is 4.39 Å². The minimum Gasteiger partial charge on any atom is -0.370 e. The number of amides is 2. The Morgan fingerprint density at radius 1 is 1.48 bits per heavy atom. The van der Waals surface area contributed by atoms with E-state index >= 15 is 0 Å². The van der Waals surface area contributed by atoms with Crippen LogP contribution in [0.15, 0.2) is 34.3 Å². The molecule has 2 rings (SSSR count). The second kappa shape index (κ2) is 6.35. The summed E-state index contributed by atoms with van der Waals surface area (Å²) in [7, 11) is 0. The highest BCUT2D eigenvalue weighted by molar-refractivity contribution is 8.15. The zero-order valence-electron chi connectivity index (χ0n) is 10.7. The molecule has 9 heteroatoms. The Kier molecular flexibility index (Phi) is 4.53. The number of nitrogens with zero attached hydrogens (tertiary/aromatic N) is 2. The molecule has 0 radical (unpaired) electrons. The molecule has 1 aliphatic heterocycles. The summed E-state index contributed by atoms with van der Waals surface area (Å²) in [5, 5.41) is 1.95. The highest BCUT2D eigenvalue weighted by Gasteiger charge is 2.30. The Morgan fingerprint density at radius 2 is 2.24 bits per heavy atom. The lowest BCUT2D eigenvalue weighted by Gasteiger charge is -2.07. The van der Waals surface area contributed by atoms with Gasteiger partial charge in [0.25, 0.3) is 5.91 Å². The molecule has 1 aliphatic rings. The average Bonchev–Trinajstić information content (AvgIpc) is 2.68. The van der Waals surface area contributed by atoms with Crippen LogP contribution in [0.25, 0.3) is 0 Å². The van der Waals surface area contributed by atoms with Crippen molar-refractivity contribution >= 4 is 40.4 Å². The summed E-state index contributed by atoms with van der Waals surface area (Å²) in [5.74, 6) is -1.57. The largest absolute Gasteiger partial charge is 0.370 e. The number of carbonyl (C=O) groups is 2. The lowest BCUT2D eigenvalue weighted by atomic mass is 10.2. The van der Waals surface area contributed by atoms with Crippen LogP contribution in [0, 0.1) is 5.82 Å². The van der Waals surface area contributed by atoms with E-state index in [-0.39, 0.29) is 17.5 Å². The number of halogens is 1. The van der Waals surface area contributed by atoms with Crippen LogP contribution in [0.4, 0.5) is 10.1 Å². The molecule has 1 heterocycles. The van der Waals surface area contributed by atoms with Gasteiger partial charge in [-0.3, -0.25) is 9.59 Å². The number of nitrogens with one attached hydrogen (secondary N) is 1. The molecule has 21 heavy (non-hydrogen) atoms. The SMILES string of the molecule is NC(N)=NC1=NC(=O)[C@@H](CC(=O)Nc2cccc(F)c2)S1. The van der Waals surface area contributed by atoms with Gasteiger partial charge in [0.05, 0.1) is 0 Å². The van der Waals surface area contributed by atoms with E-state index in [9.17, 15) is 14.0 Å². The fourth-order valence-electron chi connectivity index (χ4n) is 1.61. The van der Waals surface area contributed by atoms with Gasteiger partial charge in [-0.2, -0.15) is 9.98 Å². The molecule has 0 spiro atoms. The van der Waals surface area contributed by atoms with Gasteiger partial charge < -0.3 is 16.8 Å². The zero-order valence-corrected chi connectivity index (χ0v) is 11.6. The van der Waals surface area contributed by atoms with Gasteiger partial charge in [0, 0.05) is 12.1 Å². The molecule has 7 nitrogen and oxygen atoms in total. The van der Waals surface area contributed by atoms with Crippen LogP contribution in [0.3, 0.4) is 0 Å². The van der Waals surface area contributed by atoms with E-state index in [1.165, 1.54) is 18.2 Å². The van der Waals surface area contributed by atoms with Crippen molar-refractivity contribution in [1.29, 1.82) is 0 Å². The van der Waals surface area contributed by atoms with Gasteiger partial charge in [-0.05, 0) is 18.2 Å². The van der Waals surface area contributed by atoms with Crippen molar-refractivity contribution in [2.45, 2.75) is 11.7 Å². The first-order valence-electron chi connectivity index (χ1n) is 5.88. The van der Waals surface area contributed by atoms with Crippen molar-refractivity contribution in [2.75, 3.05) is 5.32 Å². The van der Waals surface area contributed by atoms with Gasteiger partial charge in [0.15, 0.2) is 11.1 Å². The topological polar surface area (TPSA) is 123 Å². The third-order valence-corrected chi connectivity index (χ3v) is 3.48. The van der Waals surface area contributed by atoms with E-state index < -0.39 is 22.9 Å². The Morgan fingerprint density at radius 3 is 2.90 bits per heavy atom. The van der Waals surface area contributed by atoms with Crippen LogP contribution in [-0.2, 0) is 9.59 Å². The molecule has 0 fully saturated rings. The number of thioether (sulfide) groups is 1. The summed E-state index contributed by atoms with van der Waals surface area (Å²) < 4.78 is 13.0. The van der Waals surface area contributed by atoms with Gasteiger partial charge >= 0.3 is 0 Å². The normalized spacial score (nSPS) is 17.3. The molecule has 0 saturated heterocycles. The maximum atomic E-state index is 13.0. The Bertz CT molecular complexity index is 642. The number of nitrogens with two attached hydrogens (primary N) is 2. The predicted molar refractivity (Wildman–Crippen MR) is 79.3 cm³/mol. The summed E-state index contributed by atoms with van der Waals surface area (Å²) in [5.41, 5.74) is 10.7. The van der Waals surface area contributed by atoms with Crippen molar-refractivity contribution in [3.8, 4) is 0 Å². The summed E-state index contributed by atoms with van der Waals surface area (Å²) in [6, 6.07) is 5.47. The predicted octanol–water partition coefficient (Wildman–Crippen LogP) is 0.426. The standard InChI is InChI=1S/C12H12FN5O2S/c13-6-2-1-3-7(4-6)16-9(19)5-8-10(20)17-12(21-8)18-11(14)15/h1-4,8H,5H2,(H,16,19)(H4,14,15,17,18,20)/t8-/m1/s1. The van der Waals surface area contributed by atoms with E-state index in [0.29, 0.717) is 5.69 Å². The molecular formula is C12H12FN5O2S. The Balaban J connectivity index is 1.93. The van der Waals surface area contributed by atoms with Crippen molar-refractivity contribution in [2.24, 2.45) is 21.5 Å². The molecule has 0 aliphatic carbocycles. The summed E-state index contributed by atoms with van der Waals surface area (Å²) in [4.78, 5) is 30.7. The van der Waals surface area contributed by atoms with Gasteiger partial charge in [-0.1, -0.05) is 17.8 Å². The monoisotopic (exact) mass is 309 g/mol. The van der Waals surface area contributed by atoms with E-state index in [2.05, 4.69) is 15.3 Å². The first kappa shape index (κ1) is 15.0. The quantitative estimate of drug-likeness (QED) is 0.552. The average molecular weight is 309 g/mol. The molecule has 0 aromatic heterocycles. The van der Waals surface area contributed by atoms with Crippen molar-refractivity contribution in [3.63, 3.8) is 0 Å². The van der Waals surface area contributed by atoms with Crippen molar-refractivity contribution in [3.05, 3.63) is 30.1 Å². The molecular weight excluding hydrogens is 297 g/mol. The van der Waals surface area contributed by atoms with Crippen LogP contribution in [0.1, 0.15) is 6.42 Å². The third kappa shape index (κ3) is 4.28. The van der Waals surface area contributed by atoms with Crippen LogP contribution in [-0.4, -0.2) is 28.2 Å². The second-order valence-corrected chi connectivity index (χ2v) is 5.31. The van der Waals surface area contributed by atoms with Crippen LogP contribution in [0.5, 0.6) is 0 Å². The van der Waals surface area contributed by atoms with Crippen LogP contribution < -0.4 is 16.8 Å². The number of amidine groups is 1. The van der Waals surface area contributed by atoms with Gasteiger partial charge in [0.1, 0.15) is 11.1 Å². The number of rotatable bonds is 3. The smallest absolute Gasteiger partial charge is 0.262 e. The fraction of sp³-hybridized carbons (Fsp3) is 0.167. The number of benzene rings is 1. The number of guanidine groups is 1. The molecule has 1 aromatic carbocycles. The summed E-state index contributed by atoms with van der Waals surface area (Å²) in [6.45, 7) is 0. The number of hydrogen-bond donors (Lipinski definition) is 3. The summed E-state index contributed by atoms with van der Waals surface area (Å²) >= 11 is 1.01. The minimum atomic E-state index is -0.684. The molecule has 5 N–H and O–H groups in total. The molecule has 1 aromatic rings. The molecule has 2 amide bonds. The van der Waals surface area contributed by atoms with Crippen molar-refractivity contribution in [1.82, 2.24) is 0 Å². The van der Waals surface area contributed by atoms with Crippen molar-refractivity contribution < 1.29 is 14.0 Å². The second-order valence-electron chi connectivity index (χ2n) is 4.14. The zero-order chi connectivity index (χ0) is 15.4. The summed E-state index contributed by atoms with van der Waals surface area (Å²) in [6.07, 6.45) is -0.104. The molecule has 1 atom stereocenters. The fourth-order valence-corrected chi connectivity index (χ4v) is 2.55. The van der Waals surface area contributed by atoms with Gasteiger partial charge in [-0.15, -0.1) is 0 Å². The lowest BCUT2D eigenvalue weighted by molar-refractivity contribution is -0.121. The number of aliphatic imine (C=N–C) groups is 2. The van der Waals surface area contributed by atoms with Gasteiger partial charge in [0.2, 0.25) is 5.91 Å².